The summed E-state index contributed by atoms with van der Waals surface area (Å²) in [6.07, 6.45) is 3.38. The SMILES string of the molecule is OC1(CF)CCNC2(CC2)C1. The Balaban J connectivity index is 2.03. The molecular weight excluding hydrogens is 145 g/mol. The first kappa shape index (κ1) is 7.50. The van der Waals surface area contributed by atoms with Gasteiger partial charge in [0, 0.05) is 5.54 Å². The molecule has 2 aliphatic rings. The molecule has 2 fully saturated rings. The Hall–Kier alpha value is -0.150. The van der Waals surface area contributed by atoms with Gasteiger partial charge < -0.3 is 10.4 Å². The Bertz CT molecular complexity index is 169. The minimum Gasteiger partial charge on any atom is -0.387 e. The summed E-state index contributed by atoms with van der Waals surface area (Å²) in [4.78, 5) is 0. The standard InChI is InChI=1S/C8H14FNO/c9-6-8(11)3-4-10-7(5-8)1-2-7/h10-11H,1-6H2. The van der Waals surface area contributed by atoms with Gasteiger partial charge in [-0.15, -0.1) is 0 Å². The van der Waals surface area contributed by atoms with E-state index < -0.39 is 12.3 Å². The van der Waals surface area contributed by atoms with E-state index in [1.807, 2.05) is 0 Å². The molecule has 1 saturated heterocycles. The van der Waals surface area contributed by atoms with Crippen molar-refractivity contribution in [2.75, 3.05) is 13.2 Å². The van der Waals surface area contributed by atoms with Crippen LogP contribution in [0.25, 0.3) is 0 Å². The van der Waals surface area contributed by atoms with Gasteiger partial charge in [-0.25, -0.2) is 4.39 Å². The summed E-state index contributed by atoms with van der Waals surface area (Å²) in [5.41, 5.74) is -0.888. The van der Waals surface area contributed by atoms with Crippen molar-refractivity contribution < 1.29 is 9.50 Å². The van der Waals surface area contributed by atoms with Crippen LogP contribution in [-0.4, -0.2) is 29.5 Å². The molecule has 0 aromatic heterocycles. The Morgan fingerprint density at radius 1 is 1.36 bits per heavy atom. The topological polar surface area (TPSA) is 32.3 Å². The summed E-state index contributed by atoms with van der Waals surface area (Å²) in [5.74, 6) is 0. The zero-order valence-corrected chi connectivity index (χ0v) is 6.57. The number of aliphatic hydroxyl groups is 1. The molecule has 1 spiro atoms. The first-order valence-corrected chi connectivity index (χ1v) is 4.22. The molecule has 1 saturated carbocycles. The van der Waals surface area contributed by atoms with Gasteiger partial charge in [0.05, 0.1) is 5.60 Å². The molecule has 1 unspecified atom stereocenters. The smallest absolute Gasteiger partial charge is 0.118 e. The number of halogens is 1. The number of alkyl halides is 1. The van der Waals surface area contributed by atoms with E-state index in [0.717, 1.165) is 19.4 Å². The van der Waals surface area contributed by atoms with Crippen molar-refractivity contribution in [2.45, 2.75) is 36.8 Å². The average Bonchev–Trinajstić information content (AvgIpc) is 2.69. The van der Waals surface area contributed by atoms with E-state index in [1.165, 1.54) is 0 Å². The van der Waals surface area contributed by atoms with Crippen LogP contribution in [0.3, 0.4) is 0 Å². The van der Waals surface area contributed by atoms with Crippen molar-refractivity contribution >= 4 is 0 Å². The Labute approximate surface area is 65.8 Å². The molecule has 1 aliphatic heterocycles. The number of piperidine rings is 1. The predicted octanol–water partition coefficient (Wildman–Crippen LogP) is 0.603. The highest BCUT2D eigenvalue weighted by molar-refractivity contribution is 5.09. The summed E-state index contributed by atoms with van der Waals surface area (Å²) in [5, 5.41) is 13.0. The van der Waals surface area contributed by atoms with E-state index in [4.69, 9.17) is 0 Å². The Kier molecular flexibility index (Phi) is 1.48. The van der Waals surface area contributed by atoms with Crippen molar-refractivity contribution in [3.8, 4) is 0 Å². The summed E-state index contributed by atoms with van der Waals surface area (Å²) in [6, 6.07) is 0. The molecule has 3 heteroatoms. The van der Waals surface area contributed by atoms with Gasteiger partial charge in [-0.05, 0) is 32.2 Å². The third-order valence-corrected chi connectivity index (χ3v) is 2.86. The lowest BCUT2D eigenvalue weighted by atomic mass is 9.87. The van der Waals surface area contributed by atoms with Crippen molar-refractivity contribution in [1.29, 1.82) is 0 Å². The van der Waals surface area contributed by atoms with Gasteiger partial charge in [-0.3, -0.25) is 0 Å². The lowest BCUT2D eigenvalue weighted by Gasteiger charge is -2.35. The van der Waals surface area contributed by atoms with E-state index in [-0.39, 0.29) is 5.54 Å². The van der Waals surface area contributed by atoms with Crippen LogP contribution in [0.15, 0.2) is 0 Å². The number of hydrogen-bond donors (Lipinski definition) is 2. The predicted molar refractivity (Wildman–Crippen MR) is 40.1 cm³/mol. The fourth-order valence-corrected chi connectivity index (χ4v) is 1.96. The normalized spacial score (nSPS) is 40.9. The molecular formula is C8H14FNO. The summed E-state index contributed by atoms with van der Waals surface area (Å²) >= 11 is 0. The molecule has 11 heavy (non-hydrogen) atoms. The van der Waals surface area contributed by atoms with Crippen molar-refractivity contribution in [3.05, 3.63) is 0 Å². The van der Waals surface area contributed by atoms with Crippen LogP contribution in [0.1, 0.15) is 25.7 Å². The number of nitrogens with one attached hydrogen (secondary N) is 1. The maximum atomic E-state index is 12.4. The summed E-state index contributed by atoms with van der Waals surface area (Å²) < 4.78 is 12.4. The number of hydrogen-bond acceptors (Lipinski definition) is 2. The molecule has 0 bridgehead atoms. The molecule has 0 radical (unpaired) electrons. The first-order valence-electron chi connectivity index (χ1n) is 4.22. The van der Waals surface area contributed by atoms with Crippen molar-refractivity contribution in [2.24, 2.45) is 0 Å². The fourth-order valence-electron chi connectivity index (χ4n) is 1.96. The van der Waals surface area contributed by atoms with Gasteiger partial charge in [0.2, 0.25) is 0 Å². The van der Waals surface area contributed by atoms with E-state index in [0.29, 0.717) is 12.8 Å². The summed E-state index contributed by atoms with van der Waals surface area (Å²) in [6.45, 7) is 0.177. The molecule has 1 atom stereocenters. The monoisotopic (exact) mass is 159 g/mol. The van der Waals surface area contributed by atoms with Crippen LogP contribution >= 0.6 is 0 Å². The molecule has 0 amide bonds. The highest BCUT2D eigenvalue weighted by Crippen LogP contribution is 2.45. The molecule has 0 aromatic carbocycles. The molecule has 64 valence electrons. The van der Waals surface area contributed by atoms with Crippen LogP contribution in [-0.2, 0) is 0 Å². The van der Waals surface area contributed by atoms with Crippen LogP contribution in [0.4, 0.5) is 4.39 Å². The van der Waals surface area contributed by atoms with Crippen LogP contribution in [0.5, 0.6) is 0 Å². The zero-order chi connectivity index (χ0) is 7.95. The second-order valence-electron chi connectivity index (χ2n) is 3.99. The molecule has 2 nitrogen and oxygen atoms in total. The quantitative estimate of drug-likeness (QED) is 0.587. The fraction of sp³-hybridized carbons (Fsp3) is 1.00. The van der Waals surface area contributed by atoms with Gasteiger partial charge in [-0.2, -0.15) is 0 Å². The molecule has 0 aromatic rings. The molecule has 1 heterocycles. The van der Waals surface area contributed by atoms with E-state index in [2.05, 4.69) is 5.32 Å². The second kappa shape index (κ2) is 2.17. The molecule has 2 rings (SSSR count). The minimum absolute atomic E-state index is 0.124. The average molecular weight is 159 g/mol. The van der Waals surface area contributed by atoms with Crippen LogP contribution in [0.2, 0.25) is 0 Å². The van der Waals surface area contributed by atoms with Crippen molar-refractivity contribution in [3.63, 3.8) is 0 Å². The lowest BCUT2D eigenvalue weighted by Crippen LogP contribution is -2.50. The summed E-state index contributed by atoms with van der Waals surface area (Å²) in [7, 11) is 0. The highest BCUT2D eigenvalue weighted by atomic mass is 19.1. The molecule has 1 aliphatic carbocycles. The van der Waals surface area contributed by atoms with Gasteiger partial charge in [0.15, 0.2) is 0 Å². The third kappa shape index (κ3) is 1.27. The first-order chi connectivity index (χ1) is 5.18. The largest absolute Gasteiger partial charge is 0.387 e. The van der Waals surface area contributed by atoms with Crippen LogP contribution < -0.4 is 5.32 Å². The van der Waals surface area contributed by atoms with E-state index >= 15 is 0 Å². The van der Waals surface area contributed by atoms with Gasteiger partial charge in [0.25, 0.3) is 0 Å². The van der Waals surface area contributed by atoms with Gasteiger partial charge in [-0.1, -0.05) is 0 Å². The van der Waals surface area contributed by atoms with E-state index in [1.54, 1.807) is 0 Å². The molecule has 2 N–H and O–H groups in total. The van der Waals surface area contributed by atoms with Gasteiger partial charge >= 0.3 is 0 Å². The Morgan fingerprint density at radius 2 is 2.09 bits per heavy atom. The maximum Gasteiger partial charge on any atom is 0.118 e. The Morgan fingerprint density at radius 3 is 2.64 bits per heavy atom. The highest BCUT2D eigenvalue weighted by Gasteiger charge is 2.50. The zero-order valence-electron chi connectivity index (χ0n) is 6.57. The van der Waals surface area contributed by atoms with Crippen LogP contribution in [0, 0.1) is 0 Å². The lowest BCUT2D eigenvalue weighted by molar-refractivity contribution is -0.0280. The minimum atomic E-state index is -1.01. The number of rotatable bonds is 1. The van der Waals surface area contributed by atoms with Crippen molar-refractivity contribution in [1.82, 2.24) is 5.32 Å². The van der Waals surface area contributed by atoms with Gasteiger partial charge in [0.1, 0.15) is 6.67 Å². The third-order valence-electron chi connectivity index (χ3n) is 2.86. The maximum absolute atomic E-state index is 12.4. The second-order valence-corrected chi connectivity index (χ2v) is 3.99. The van der Waals surface area contributed by atoms with E-state index in [9.17, 15) is 9.50 Å².